The topological polar surface area (TPSA) is 105 Å². The van der Waals surface area contributed by atoms with Gasteiger partial charge in [0.1, 0.15) is 0 Å². The van der Waals surface area contributed by atoms with Gasteiger partial charge in [-0.05, 0) is 13.0 Å². The zero-order valence-electron chi connectivity index (χ0n) is 9.43. The summed E-state index contributed by atoms with van der Waals surface area (Å²) in [6.45, 7) is 1.82. The second-order valence-corrected chi connectivity index (χ2v) is 3.10. The number of nitrogen functional groups attached to an aromatic ring is 1. The van der Waals surface area contributed by atoms with Crippen LogP contribution in [-0.4, -0.2) is 24.6 Å². The number of carbonyl (C=O) groups is 1. The van der Waals surface area contributed by atoms with E-state index in [-0.39, 0.29) is 29.3 Å². The highest BCUT2D eigenvalue weighted by Gasteiger charge is 2.22. The van der Waals surface area contributed by atoms with Crippen molar-refractivity contribution in [1.82, 2.24) is 0 Å². The van der Waals surface area contributed by atoms with E-state index in [1.54, 1.807) is 6.92 Å². The molecule has 0 radical (unpaired) electrons. The lowest BCUT2D eigenvalue weighted by Crippen LogP contribution is -2.07. The van der Waals surface area contributed by atoms with Crippen LogP contribution < -0.4 is 10.5 Å². The van der Waals surface area contributed by atoms with E-state index >= 15 is 0 Å². The summed E-state index contributed by atoms with van der Waals surface area (Å²) >= 11 is 0. The van der Waals surface area contributed by atoms with Crippen LogP contribution in [0.15, 0.2) is 12.1 Å². The lowest BCUT2D eigenvalue weighted by molar-refractivity contribution is -0.385. The third-order valence-corrected chi connectivity index (χ3v) is 2.01. The van der Waals surface area contributed by atoms with Crippen LogP contribution in [0.5, 0.6) is 5.75 Å². The van der Waals surface area contributed by atoms with Crippen LogP contribution in [0.3, 0.4) is 0 Å². The van der Waals surface area contributed by atoms with Crippen LogP contribution >= 0.6 is 0 Å². The second-order valence-electron chi connectivity index (χ2n) is 3.10. The standard InChI is InChI=1S/C10H12N2O5/c1-3-17-10(13)6-4-7(11)9(16-2)8(5-6)12(14)15/h4-5H,3,11H2,1-2H3. The van der Waals surface area contributed by atoms with E-state index < -0.39 is 10.9 Å². The molecule has 1 aromatic rings. The first-order chi connectivity index (χ1) is 8.01. The molecule has 1 rings (SSSR count). The van der Waals surface area contributed by atoms with E-state index in [0.29, 0.717) is 0 Å². The number of hydrogen-bond donors (Lipinski definition) is 1. The maximum atomic E-state index is 11.4. The molecule has 2 N–H and O–H groups in total. The van der Waals surface area contributed by atoms with Crippen molar-refractivity contribution in [3.8, 4) is 5.75 Å². The number of anilines is 1. The van der Waals surface area contributed by atoms with E-state index in [2.05, 4.69) is 0 Å². The number of hydrogen-bond acceptors (Lipinski definition) is 6. The van der Waals surface area contributed by atoms with Gasteiger partial charge in [-0.15, -0.1) is 0 Å². The van der Waals surface area contributed by atoms with E-state index in [9.17, 15) is 14.9 Å². The van der Waals surface area contributed by atoms with Crippen molar-refractivity contribution in [2.75, 3.05) is 19.5 Å². The van der Waals surface area contributed by atoms with Crippen molar-refractivity contribution in [1.29, 1.82) is 0 Å². The molecule has 0 spiro atoms. The molecule has 7 nitrogen and oxygen atoms in total. The number of nitro groups is 1. The number of methoxy groups -OCH3 is 1. The zero-order chi connectivity index (χ0) is 13.0. The molecule has 0 aromatic heterocycles. The van der Waals surface area contributed by atoms with Gasteiger partial charge in [0.05, 0.1) is 29.9 Å². The predicted octanol–water partition coefficient (Wildman–Crippen LogP) is 1.36. The molecule has 0 unspecified atom stereocenters. The van der Waals surface area contributed by atoms with Crippen molar-refractivity contribution in [3.05, 3.63) is 27.8 Å². The average molecular weight is 240 g/mol. The molecule has 0 fully saturated rings. The first-order valence-electron chi connectivity index (χ1n) is 4.80. The van der Waals surface area contributed by atoms with Crippen molar-refractivity contribution in [3.63, 3.8) is 0 Å². The summed E-state index contributed by atoms with van der Waals surface area (Å²) in [7, 11) is 1.27. The number of nitro benzene ring substituents is 1. The van der Waals surface area contributed by atoms with E-state index in [1.165, 1.54) is 13.2 Å². The monoisotopic (exact) mass is 240 g/mol. The summed E-state index contributed by atoms with van der Waals surface area (Å²) in [4.78, 5) is 21.5. The molecular weight excluding hydrogens is 228 g/mol. The summed E-state index contributed by atoms with van der Waals surface area (Å²) in [5.41, 5.74) is 5.25. The van der Waals surface area contributed by atoms with Crippen molar-refractivity contribution in [2.45, 2.75) is 6.92 Å². The van der Waals surface area contributed by atoms with Crippen LogP contribution in [0, 0.1) is 10.1 Å². The fourth-order valence-corrected chi connectivity index (χ4v) is 1.33. The molecule has 0 aliphatic rings. The third kappa shape index (κ3) is 2.63. The van der Waals surface area contributed by atoms with Crippen molar-refractivity contribution < 1.29 is 19.2 Å². The smallest absolute Gasteiger partial charge is 0.338 e. The summed E-state index contributed by atoms with van der Waals surface area (Å²) in [5.74, 6) is -0.729. The molecular formula is C10H12N2O5. The lowest BCUT2D eigenvalue weighted by atomic mass is 10.1. The van der Waals surface area contributed by atoms with Crippen molar-refractivity contribution >= 4 is 17.3 Å². The maximum Gasteiger partial charge on any atom is 0.338 e. The molecule has 0 amide bonds. The first kappa shape index (κ1) is 12.8. The Morgan fingerprint density at radius 3 is 2.65 bits per heavy atom. The fraction of sp³-hybridized carbons (Fsp3) is 0.300. The maximum absolute atomic E-state index is 11.4. The second kappa shape index (κ2) is 5.15. The Balaban J connectivity index is 3.29. The number of nitrogens with zero attached hydrogens (tertiary/aromatic N) is 1. The molecule has 0 saturated carbocycles. The van der Waals surface area contributed by atoms with Crippen LogP contribution in [0.4, 0.5) is 11.4 Å². The predicted molar refractivity (Wildman–Crippen MR) is 60.0 cm³/mol. The van der Waals surface area contributed by atoms with Gasteiger partial charge in [0.25, 0.3) is 0 Å². The molecule has 0 aliphatic carbocycles. The number of esters is 1. The molecule has 0 aliphatic heterocycles. The largest absolute Gasteiger partial charge is 0.489 e. The minimum atomic E-state index is -0.669. The summed E-state index contributed by atoms with van der Waals surface area (Å²) < 4.78 is 9.55. The molecule has 7 heteroatoms. The van der Waals surface area contributed by atoms with Crippen molar-refractivity contribution in [2.24, 2.45) is 0 Å². The molecule has 0 bridgehead atoms. The molecule has 0 atom stereocenters. The molecule has 1 aromatic carbocycles. The Kier molecular flexibility index (Phi) is 3.86. The summed E-state index contributed by atoms with van der Waals surface area (Å²) in [5, 5.41) is 10.8. The van der Waals surface area contributed by atoms with Gasteiger partial charge in [0.15, 0.2) is 0 Å². The Bertz CT molecular complexity index is 458. The molecule has 0 saturated heterocycles. The van der Waals surface area contributed by atoms with Gasteiger partial charge in [-0.3, -0.25) is 10.1 Å². The highest BCUT2D eigenvalue weighted by molar-refractivity contribution is 5.92. The van der Waals surface area contributed by atoms with E-state index in [0.717, 1.165) is 6.07 Å². The highest BCUT2D eigenvalue weighted by Crippen LogP contribution is 2.34. The average Bonchev–Trinajstić information content (AvgIpc) is 2.28. The van der Waals surface area contributed by atoms with Gasteiger partial charge in [0, 0.05) is 6.07 Å². The van der Waals surface area contributed by atoms with E-state index in [1.807, 2.05) is 0 Å². The van der Waals surface area contributed by atoms with Gasteiger partial charge in [-0.2, -0.15) is 0 Å². The Hall–Kier alpha value is -2.31. The normalized spacial score (nSPS) is 9.76. The Morgan fingerprint density at radius 2 is 2.18 bits per heavy atom. The zero-order valence-corrected chi connectivity index (χ0v) is 9.43. The van der Waals surface area contributed by atoms with Gasteiger partial charge < -0.3 is 15.2 Å². The van der Waals surface area contributed by atoms with E-state index in [4.69, 9.17) is 15.2 Å². The number of carbonyl (C=O) groups excluding carboxylic acids is 1. The number of benzene rings is 1. The Labute approximate surface area is 97.3 Å². The van der Waals surface area contributed by atoms with Gasteiger partial charge in [-0.25, -0.2) is 4.79 Å². The third-order valence-electron chi connectivity index (χ3n) is 2.01. The number of ether oxygens (including phenoxy) is 2. The van der Waals surface area contributed by atoms with Gasteiger partial charge in [-0.1, -0.05) is 0 Å². The lowest BCUT2D eigenvalue weighted by Gasteiger charge is -2.07. The minimum Gasteiger partial charge on any atom is -0.489 e. The Morgan fingerprint density at radius 1 is 1.53 bits per heavy atom. The first-order valence-corrected chi connectivity index (χ1v) is 4.80. The van der Waals surface area contributed by atoms with Gasteiger partial charge in [0.2, 0.25) is 5.75 Å². The fourth-order valence-electron chi connectivity index (χ4n) is 1.33. The molecule has 17 heavy (non-hydrogen) atoms. The van der Waals surface area contributed by atoms with Gasteiger partial charge >= 0.3 is 11.7 Å². The summed E-state index contributed by atoms with van der Waals surface area (Å²) in [6.07, 6.45) is 0. The highest BCUT2D eigenvalue weighted by atomic mass is 16.6. The SMILES string of the molecule is CCOC(=O)c1cc(N)c(OC)c([N+](=O)[O-])c1. The quantitative estimate of drug-likeness (QED) is 0.368. The summed E-state index contributed by atoms with van der Waals surface area (Å²) in [6, 6.07) is 2.36. The number of rotatable bonds is 4. The molecule has 92 valence electrons. The van der Waals surface area contributed by atoms with Crippen LogP contribution in [0.25, 0.3) is 0 Å². The molecule has 0 heterocycles. The van der Waals surface area contributed by atoms with Crippen LogP contribution in [0.1, 0.15) is 17.3 Å². The van der Waals surface area contributed by atoms with Crippen LogP contribution in [0.2, 0.25) is 0 Å². The number of nitrogens with two attached hydrogens (primary N) is 1. The van der Waals surface area contributed by atoms with Crippen LogP contribution in [-0.2, 0) is 4.74 Å². The minimum absolute atomic E-state index is 0.0183.